The number of benzene rings is 2. The smallest absolute Gasteiger partial charge is 0.338 e. The zero-order chi connectivity index (χ0) is 16.1. The standard InChI is InChI=1S/C20H24O2/c1-14(2)13-22-20(21)19-11-9-18(10-12-19)17-7-5-16(6-8-17)15(3)4/h5-12,14-15H,13H2,1-4H3. The lowest BCUT2D eigenvalue weighted by Crippen LogP contribution is -2.09. The number of hydrogen-bond donors (Lipinski definition) is 0. The lowest BCUT2D eigenvalue weighted by atomic mass is 9.98. The van der Waals surface area contributed by atoms with Gasteiger partial charge in [0.1, 0.15) is 0 Å². The molecule has 2 nitrogen and oxygen atoms in total. The van der Waals surface area contributed by atoms with E-state index in [0.717, 1.165) is 11.1 Å². The molecule has 2 aromatic rings. The second-order valence-corrected chi connectivity index (χ2v) is 6.35. The van der Waals surface area contributed by atoms with Crippen molar-refractivity contribution >= 4 is 5.97 Å². The first-order valence-corrected chi connectivity index (χ1v) is 7.85. The minimum absolute atomic E-state index is 0.254. The van der Waals surface area contributed by atoms with Crippen LogP contribution in [0, 0.1) is 5.92 Å². The van der Waals surface area contributed by atoms with Crippen LogP contribution in [0.4, 0.5) is 0 Å². The molecule has 0 aliphatic heterocycles. The van der Waals surface area contributed by atoms with Gasteiger partial charge in [0.05, 0.1) is 12.2 Å². The highest BCUT2D eigenvalue weighted by atomic mass is 16.5. The zero-order valence-electron chi connectivity index (χ0n) is 13.8. The molecule has 0 aliphatic rings. The van der Waals surface area contributed by atoms with Crippen molar-refractivity contribution in [3.05, 3.63) is 59.7 Å². The van der Waals surface area contributed by atoms with Crippen molar-refractivity contribution in [2.75, 3.05) is 6.61 Å². The molecule has 0 amide bonds. The summed E-state index contributed by atoms with van der Waals surface area (Å²) in [6.07, 6.45) is 0. The molecule has 0 N–H and O–H groups in total. The van der Waals surface area contributed by atoms with E-state index in [9.17, 15) is 4.79 Å². The highest BCUT2D eigenvalue weighted by Crippen LogP contribution is 2.23. The van der Waals surface area contributed by atoms with Crippen LogP contribution >= 0.6 is 0 Å². The van der Waals surface area contributed by atoms with Crippen LogP contribution in [0.25, 0.3) is 11.1 Å². The second kappa shape index (κ2) is 7.26. The highest BCUT2D eigenvalue weighted by molar-refractivity contribution is 5.90. The molecule has 0 heterocycles. The third-order valence-electron chi connectivity index (χ3n) is 3.58. The Morgan fingerprint density at radius 2 is 1.36 bits per heavy atom. The van der Waals surface area contributed by atoms with Gasteiger partial charge in [0.2, 0.25) is 0 Å². The molecule has 116 valence electrons. The Morgan fingerprint density at radius 1 is 0.864 bits per heavy atom. The molecule has 0 radical (unpaired) electrons. The van der Waals surface area contributed by atoms with Gasteiger partial charge in [-0.05, 0) is 40.7 Å². The Kier molecular flexibility index (Phi) is 5.37. The fraction of sp³-hybridized carbons (Fsp3) is 0.350. The maximum atomic E-state index is 11.9. The van der Waals surface area contributed by atoms with Gasteiger partial charge in [-0.1, -0.05) is 64.1 Å². The van der Waals surface area contributed by atoms with Crippen molar-refractivity contribution in [3.63, 3.8) is 0 Å². The molecular weight excluding hydrogens is 272 g/mol. The topological polar surface area (TPSA) is 26.3 Å². The maximum absolute atomic E-state index is 11.9. The van der Waals surface area contributed by atoms with Crippen LogP contribution in [0.3, 0.4) is 0 Å². The summed E-state index contributed by atoms with van der Waals surface area (Å²) in [5, 5.41) is 0. The lowest BCUT2D eigenvalue weighted by Gasteiger charge is -2.09. The quantitative estimate of drug-likeness (QED) is 0.701. The van der Waals surface area contributed by atoms with E-state index in [1.807, 2.05) is 38.1 Å². The van der Waals surface area contributed by atoms with Gasteiger partial charge in [-0.3, -0.25) is 0 Å². The van der Waals surface area contributed by atoms with Gasteiger partial charge in [-0.15, -0.1) is 0 Å². The highest BCUT2D eigenvalue weighted by Gasteiger charge is 2.08. The molecule has 22 heavy (non-hydrogen) atoms. The molecular formula is C20H24O2. The maximum Gasteiger partial charge on any atom is 0.338 e. The molecule has 0 aliphatic carbocycles. The van der Waals surface area contributed by atoms with Crippen LogP contribution in [0.1, 0.15) is 49.5 Å². The van der Waals surface area contributed by atoms with E-state index in [1.54, 1.807) is 0 Å². The average molecular weight is 296 g/mol. The van der Waals surface area contributed by atoms with Crippen LogP contribution in [-0.2, 0) is 4.74 Å². The van der Waals surface area contributed by atoms with Crippen molar-refractivity contribution < 1.29 is 9.53 Å². The summed E-state index contributed by atoms with van der Waals surface area (Å²) in [6, 6.07) is 16.2. The Morgan fingerprint density at radius 3 is 1.82 bits per heavy atom. The summed E-state index contributed by atoms with van der Waals surface area (Å²) < 4.78 is 5.24. The van der Waals surface area contributed by atoms with Crippen LogP contribution in [0.5, 0.6) is 0 Å². The predicted octanol–water partition coefficient (Wildman–Crippen LogP) is 5.29. The normalized spacial score (nSPS) is 11.0. The molecule has 0 saturated carbocycles. The fourth-order valence-corrected chi connectivity index (χ4v) is 2.18. The SMILES string of the molecule is CC(C)COC(=O)c1ccc(-c2ccc(C(C)C)cc2)cc1. The van der Waals surface area contributed by atoms with Gasteiger partial charge in [-0.25, -0.2) is 4.79 Å². The van der Waals surface area contributed by atoms with E-state index in [2.05, 4.69) is 38.1 Å². The van der Waals surface area contributed by atoms with E-state index >= 15 is 0 Å². The van der Waals surface area contributed by atoms with E-state index < -0.39 is 0 Å². The van der Waals surface area contributed by atoms with Crippen molar-refractivity contribution in [1.29, 1.82) is 0 Å². The Hall–Kier alpha value is -2.09. The van der Waals surface area contributed by atoms with Gasteiger partial charge >= 0.3 is 5.97 Å². The van der Waals surface area contributed by atoms with E-state index in [1.165, 1.54) is 5.56 Å². The van der Waals surface area contributed by atoms with Crippen LogP contribution in [-0.4, -0.2) is 12.6 Å². The summed E-state index contributed by atoms with van der Waals surface area (Å²) in [7, 11) is 0. The second-order valence-electron chi connectivity index (χ2n) is 6.35. The monoisotopic (exact) mass is 296 g/mol. The Bertz CT molecular complexity index is 607. The van der Waals surface area contributed by atoms with Crippen LogP contribution in [0.15, 0.2) is 48.5 Å². The van der Waals surface area contributed by atoms with Crippen molar-refractivity contribution in [2.45, 2.75) is 33.6 Å². The van der Waals surface area contributed by atoms with Crippen molar-refractivity contribution in [2.24, 2.45) is 5.92 Å². The predicted molar refractivity (Wildman–Crippen MR) is 91.1 cm³/mol. The molecule has 0 aromatic heterocycles. The molecule has 0 atom stereocenters. The van der Waals surface area contributed by atoms with Gasteiger partial charge < -0.3 is 4.74 Å². The van der Waals surface area contributed by atoms with Gasteiger partial charge in [-0.2, -0.15) is 0 Å². The first-order valence-electron chi connectivity index (χ1n) is 7.85. The molecule has 2 rings (SSSR count). The first-order chi connectivity index (χ1) is 10.5. The van der Waals surface area contributed by atoms with Crippen molar-refractivity contribution in [3.8, 4) is 11.1 Å². The molecule has 0 saturated heterocycles. The third kappa shape index (κ3) is 4.20. The van der Waals surface area contributed by atoms with Gasteiger partial charge in [0.15, 0.2) is 0 Å². The summed E-state index contributed by atoms with van der Waals surface area (Å²) in [4.78, 5) is 11.9. The van der Waals surface area contributed by atoms with E-state index in [0.29, 0.717) is 24.0 Å². The number of ether oxygens (including phenoxy) is 1. The number of carbonyl (C=O) groups is 1. The number of hydrogen-bond acceptors (Lipinski definition) is 2. The summed E-state index contributed by atoms with van der Waals surface area (Å²) >= 11 is 0. The van der Waals surface area contributed by atoms with E-state index in [4.69, 9.17) is 4.74 Å². The van der Waals surface area contributed by atoms with Crippen LogP contribution < -0.4 is 0 Å². The van der Waals surface area contributed by atoms with Gasteiger partial charge in [0.25, 0.3) is 0 Å². The minimum atomic E-state index is -0.254. The van der Waals surface area contributed by atoms with Crippen molar-refractivity contribution in [1.82, 2.24) is 0 Å². The molecule has 2 heteroatoms. The lowest BCUT2D eigenvalue weighted by molar-refractivity contribution is 0.0459. The number of rotatable bonds is 5. The molecule has 0 unspecified atom stereocenters. The van der Waals surface area contributed by atoms with E-state index in [-0.39, 0.29) is 5.97 Å². The molecule has 2 aromatic carbocycles. The Balaban J connectivity index is 2.09. The van der Waals surface area contributed by atoms with Gasteiger partial charge in [0, 0.05) is 0 Å². The summed E-state index contributed by atoms with van der Waals surface area (Å²) in [5.41, 5.74) is 4.20. The summed E-state index contributed by atoms with van der Waals surface area (Å²) in [6.45, 7) is 8.88. The number of carbonyl (C=O) groups excluding carboxylic acids is 1. The minimum Gasteiger partial charge on any atom is -0.462 e. The van der Waals surface area contributed by atoms with Crippen LogP contribution in [0.2, 0.25) is 0 Å². The molecule has 0 spiro atoms. The fourth-order valence-electron chi connectivity index (χ4n) is 2.18. The first kappa shape index (κ1) is 16.3. The largest absolute Gasteiger partial charge is 0.462 e. The molecule has 0 fully saturated rings. The zero-order valence-corrected chi connectivity index (χ0v) is 13.8. The Labute approximate surface area is 133 Å². The molecule has 0 bridgehead atoms. The third-order valence-corrected chi connectivity index (χ3v) is 3.58. The summed E-state index contributed by atoms with van der Waals surface area (Å²) in [5.74, 6) is 0.630. The average Bonchev–Trinajstić information content (AvgIpc) is 2.53. The number of esters is 1.